The molecule has 0 aliphatic rings. The van der Waals surface area contributed by atoms with Gasteiger partial charge in [0, 0.05) is 6.92 Å². The molecule has 0 aliphatic heterocycles. The zero-order valence-corrected chi connectivity index (χ0v) is 14.7. The molecule has 4 aromatic rings. The number of para-hydroxylation sites is 3. The van der Waals surface area contributed by atoms with E-state index in [0.29, 0.717) is 0 Å². The van der Waals surface area contributed by atoms with Gasteiger partial charge < -0.3 is 24.0 Å². The van der Waals surface area contributed by atoms with E-state index in [2.05, 4.69) is 65.6 Å². The first-order chi connectivity index (χ1) is 9.75. The predicted octanol–water partition coefficient (Wildman–Crippen LogP) is 0.377. The zero-order chi connectivity index (χ0) is 13.7. The molecule has 21 heavy (non-hydrogen) atoms. The summed E-state index contributed by atoms with van der Waals surface area (Å²) in [5, 5.41) is 1.03. The molecule has 106 valence electrons. The highest BCUT2D eigenvalue weighted by Crippen LogP contribution is 2.27. The highest BCUT2D eigenvalue weighted by Gasteiger charge is 2.22. The fourth-order valence-corrected chi connectivity index (χ4v) is 3.66. The Kier molecular flexibility index (Phi) is 3.71. The van der Waals surface area contributed by atoms with Crippen molar-refractivity contribution >= 4 is 32.6 Å². The number of thiazole rings is 1. The van der Waals surface area contributed by atoms with Crippen LogP contribution in [0.15, 0.2) is 48.5 Å². The Hall–Kier alpha value is -1.47. The third-order valence-corrected chi connectivity index (χ3v) is 4.79. The van der Waals surface area contributed by atoms with Gasteiger partial charge in [-0.15, -0.1) is 0 Å². The van der Waals surface area contributed by atoms with Gasteiger partial charge in [-0.3, -0.25) is 0 Å². The summed E-state index contributed by atoms with van der Waals surface area (Å²) >= 11 is 1.73. The van der Waals surface area contributed by atoms with Gasteiger partial charge in [-0.1, -0.05) is 35.6 Å². The normalized spacial score (nSPS) is 11.0. The molecule has 0 N–H and O–H groups in total. The lowest BCUT2D eigenvalue weighted by molar-refractivity contribution is -0.652. The predicted molar refractivity (Wildman–Crippen MR) is 82.4 cm³/mol. The van der Waals surface area contributed by atoms with Crippen LogP contribution in [0.2, 0.25) is 0 Å². The number of rotatable bonds is 1. The summed E-state index contributed by atoms with van der Waals surface area (Å²) in [7, 11) is 2.10. The van der Waals surface area contributed by atoms with Crippen molar-refractivity contribution in [2.45, 2.75) is 6.92 Å². The van der Waals surface area contributed by atoms with E-state index in [1.54, 1.807) is 11.3 Å². The number of hydrogen-bond acceptors (Lipinski definition) is 2. The largest absolute Gasteiger partial charge is 1.00 e. The summed E-state index contributed by atoms with van der Waals surface area (Å²) in [5.74, 6) is 1.19. The van der Waals surface area contributed by atoms with Crippen LogP contribution in [-0.2, 0) is 7.05 Å². The standard InChI is InChI=1S/C16H14N3S.HI/c1-11-18(2)13-8-4-5-9-14(13)19(11)16-17-12-7-3-6-10-15(12)20-16;/h3-10H,1-2H3;1H/q+1;/p-1. The van der Waals surface area contributed by atoms with Crippen molar-refractivity contribution < 1.29 is 28.5 Å². The number of aryl methyl sites for hydroxylation is 1. The number of hydrogen-bond donors (Lipinski definition) is 0. The van der Waals surface area contributed by atoms with Crippen LogP contribution >= 0.6 is 11.3 Å². The number of nitrogens with zero attached hydrogens (tertiary/aromatic N) is 3. The Morgan fingerprint density at radius 2 is 1.76 bits per heavy atom. The van der Waals surface area contributed by atoms with Gasteiger partial charge in [0.2, 0.25) is 0 Å². The molecule has 0 aliphatic carbocycles. The lowest BCUT2D eigenvalue weighted by Gasteiger charge is -1.92. The van der Waals surface area contributed by atoms with E-state index >= 15 is 0 Å². The second-order valence-corrected chi connectivity index (χ2v) is 5.90. The molecule has 0 radical (unpaired) electrons. The minimum absolute atomic E-state index is 0. The molecule has 0 spiro atoms. The lowest BCUT2D eigenvalue weighted by atomic mass is 10.3. The number of fused-ring (bicyclic) bond motifs is 2. The Balaban J connectivity index is 0.00000132. The smallest absolute Gasteiger partial charge is 0.285 e. The summed E-state index contributed by atoms with van der Waals surface area (Å²) in [4.78, 5) is 4.78. The number of benzene rings is 2. The van der Waals surface area contributed by atoms with Crippen molar-refractivity contribution in [3.8, 4) is 5.13 Å². The molecule has 0 atom stereocenters. The minimum Gasteiger partial charge on any atom is -1.00 e. The van der Waals surface area contributed by atoms with Crippen LogP contribution in [0.25, 0.3) is 26.4 Å². The van der Waals surface area contributed by atoms with Gasteiger partial charge in [0.1, 0.15) is 0 Å². The molecule has 0 fully saturated rings. The van der Waals surface area contributed by atoms with Crippen LogP contribution in [0.4, 0.5) is 0 Å². The first-order valence-corrected chi connectivity index (χ1v) is 7.39. The maximum absolute atomic E-state index is 4.78. The van der Waals surface area contributed by atoms with Crippen molar-refractivity contribution in [3.63, 3.8) is 0 Å². The van der Waals surface area contributed by atoms with Crippen LogP contribution in [0, 0.1) is 6.92 Å². The molecule has 5 heteroatoms. The molecule has 0 saturated heterocycles. The molecule has 0 bridgehead atoms. The summed E-state index contributed by atoms with van der Waals surface area (Å²) in [6.45, 7) is 2.13. The third kappa shape index (κ3) is 2.15. The van der Waals surface area contributed by atoms with Crippen molar-refractivity contribution in [2.24, 2.45) is 7.05 Å². The van der Waals surface area contributed by atoms with E-state index in [9.17, 15) is 0 Å². The highest BCUT2D eigenvalue weighted by molar-refractivity contribution is 7.20. The van der Waals surface area contributed by atoms with Gasteiger partial charge >= 0.3 is 0 Å². The Labute approximate surface area is 143 Å². The molecular weight excluding hydrogens is 393 g/mol. The topological polar surface area (TPSA) is 21.7 Å². The maximum Gasteiger partial charge on any atom is 0.285 e. The van der Waals surface area contributed by atoms with Gasteiger partial charge in [0.15, 0.2) is 11.0 Å². The van der Waals surface area contributed by atoms with Crippen LogP contribution in [0.1, 0.15) is 5.82 Å². The summed E-state index contributed by atoms with van der Waals surface area (Å²) in [6, 6.07) is 16.7. The van der Waals surface area contributed by atoms with Crippen LogP contribution in [0.5, 0.6) is 0 Å². The lowest BCUT2D eigenvalue weighted by Crippen LogP contribution is -3.00. The Bertz CT molecular complexity index is 906. The summed E-state index contributed by atoms with van der Waals surface area (Å²) < 4.78 is 5.67. The molecule has 4 rings (SSSR count). The summed E-state index contributed by atoms with van der Waals surface area (Å²) in [6.07, 6.45) is 0. The van der Waals surface area contributed by atoms with Crippen molar-refractivity contribution in [2.75, 3.05) is 0 Å². The van der Waals surface area contributed by atoms with Gasteiger partial charge in [0.25, 0.3) is 11.0 Å². The van der Waals surface area contributed by atoms with Crippen LogP contribution in [-0.4, -0.2) is 9.55 Å². The number of halogens is 1. The molecule has 0 saturated carbocycles. The van der Waals surface area contributed by atoms with E-state index < -0.39 is 0 Å². The minimum atomic E-state index is 0. The molecular formula is C16H14IN3S. The molecule has 2 heterocycles. The summed E-state index contributed by atoms with van der Waals surface area (Å²) in [5.41, 5.74) is 3.49. The van der Waals surface area contributed by atoms with Crippen LogP contribution in [0.3, 0.4) is 0 Å². The van der Waals surface area contributed by atoms with E-state index in [1.807, 2.05) is 6.07 Å². The molecule has 0 amide bonds. The molecule has 0 unspecified atom stereocenters. The molecule has 2 aromatic carbocycles. The van der Waals surface area contributed by atoms with Gasteiger partial charge in [-0.2, -0.15) is 9.55 Å². The van der Waals surface area contributed by atoms with Gasteiger partial charge in [-0.25, -0.2) is 4.57 Å². The SMILES string of the molecule is Cc1n(-c2nc3ccccc3s2)c2ccccc2[n+]1C.[I-]. The van der Waals surface area contributed by atoms with E-state index in [0.717, 1.165) is 10.6 Å². The van der Waals surface area contributed by atoms with Crippen molar-refractivity contribution in [3.05, 3.63) is 54.4 Å². The van der Waals surface area contributed by atoms with Crippen molar-refractivity contribution in [1.29, 1.82) is 0 Å². The molecule has 3 nitrogen and oxygen atoms in total. The fourth-order valence-electron chi connectivity index (χ4n) is 2.63. The number of imidazole rings is 1. The second-order valence-electron chi connectivity index (χ2n) is 4.89. The highest BCUT2D eigenvalue weighted by atomic mass is 127. The Morgan fingerprint density at radius 1 is 1.05 bits per heavy atom. The van der Waals surface area contributed by atoms with E-state index in [-0.39, 0.29) is 24.0 Å². The monoisotopic (exact) mass is 407 g/mol. The average Bonchev–Trinajstić information content (AvgIpc) is 3.00. The zero-order valence-electron chi connectivity index (χ0n) is 11.7. The first kappa shape index (κ1) is 14.5. The first-order valence-electron chi connectivity index (χ1n) is 6.58. The maximum atomic E-state index is 4.78. The quantitative estimate of drug-likeness (QED) is 0.330. The molecule has 2 aromatic heterocycles. The second kappa shape index (κ2) is 5.38. The van der Waals surface area contributed by atoms with Crippen molar-refractivity contribution in [1.82, 2.24) is 9.55 Å². The third-order valence-electron chi connectivity index (χ3n) is 3.77. The van der Waals surface area contributed by atoms with Crippen LogP contribution < -0.4 is 28.5 Å². The Morgan fingerprint density at radius 3 is 2.57 bits per heavy atom. The average molecular weight is 407 g/mol. The van der Waals surface area contributed by atoms with Gasteiger partial charge in [-0.05, 0) is 24.3 Å². The van der Waals surface area contributed by atoms with E-state index in [4.69, 9.17) is 4.98 Å². The van der Waals surface area contributed by atoms with E-state index in [1.165, 1.54) is 21.6 Å². The number of aromatic nitrogens is 3. The fraction of sp³-hybridized carbons (Fsp3) is 0.125. The van der Waals surface area contributed by atoms with Gasteiger partial charge in [0.05, 0.1) is 17.3 Å².